The molecule has 0 saturated heterocycles. The topological polar surface area (TPSA) is 34.1 Å². The quantitative estimate of drug-likeness (QED) is 0.255. The predicted octanol–water partition coefficient (Wildman–Crippen LogP) is 7.82. The lowest BCUT2D eigenvalue weighted by Gasteiger charge is -2.12. The number of benzene rings is 4. The molecule has 0 radical (unpaired) electrons. The molecule has 34 heavy (non-hydrogen) atoms. The predicted molar refractivity (Wildman–Crippen MR) is 132 cm³/mol. The third-order valence-electron chi connectivity index (χ3n) is 5.01. The Morgan fingerprint density at radius 3 is 1.62 bits per heavy atom. The van der Waals surface area contributed by atoms with Crippen LogP contribution in [0, 0.1) is 11.6 Å². The van der Waals surface area contributed by atoms with E-state index in [9.17, 15) is 17.2 Å². The summed E-state index contributed by atoms with van der Waals surface area (Å²) >= 11 is 12.3. The van der Waals surface area contributed by atoms with Crippen LogP contribution in [0.25, 0.3) is 10.5 Å². The second kappa shape index (κ2) is 9.96. The first-order valence-corrected chi connectivity index (χ1v) is 12.3. The van der Waals surface area contributed by atoms with Crippen molar-refractivity contribution in [3.8, 4) is 0 Å². The average Bonchev–Trinajstić information content (AvgIpc) is 2.82. The van der Waals surface area contributed by atoms with Gasteiger partial charge in [-0.2, -0.15) is 0 Å². The van der Waals surface area contributed by atoms with Crippen molar-refractivity contribution in [2.75, 3.05) is 0 Å². The Morgan fingerprint density at radius 1 is 0.647 bits per heavy atom. The molecule has 0 N–H and O–H groups in total. The van der Waals surface area contributed by atoms with Crippen LogP contribution < -0.4 is 0 Å². The second-order valence-electron chi connectivity index (χ2n) is 7.28. The summed E-state index contributed by atoms with van der Waals surface area (Å²) in [4.78, 5) is -0.257. The summed E-state index contributed by atoms with van der Waals surface area (Å²) in [7, 11) is -4.16. The molecule has 0 aliphatic rings. The normalized spacial score (nSPS) is 11.1. The van der Waals surface area contributed by atoms with Gasteiger partial charge in [0.15, 0.2) is 0 Å². The van der Waals surface area contributed by atoms with Gasteiger partial charge < -0.3 is 0 Å². The lowest BCUT2D eigenvalue weighted by molar-refractivity contribution is 0.606. The van der Waals surface area contributed by atoms with Crippen molar-refractivity contribution >= 4 is 43.5 Å². The van der Waals surface area contributed by atoms with E-state index in [0.29, 0.717) is 27.3 Å². The van der Waals surface area contributed by atoms with Crippen molar-refractivity contribution in [1.82, 2.24) is 0 Å². The zero-order valence-electron chi connectivity index (χ0n) is 17.5. The highest BCUT2D eigenvalue weighted by atomic mass is 35.5. The Labute approximate surface area is 206 Å². The number of hydrogen-bond acceptors (Lipinski definition) is 2. The first-order valence-electron chi connectivity index (χ1n) is 10.0. The van der Waals surface area contributed by atoms with E-state index in [1.165, 1.54) is 60.7 Å². The van der Waals surface area contributed by atoms with Gasteiger partial charge in [-0.1, -0.05) is 77.5 Å². The van der Waals surface area contributed by atoms with Crippen molar-refractivity contribution in [2.24, 2.45) is 0 Å². The second-order valence-corrected chi connectivity index (χ2v) is 9.98. The van der Waals surface area contributed by atoms with E-state index >= 15 is 0 Å². The third-order valence-corrected chi connectivity index (χ3v) is 7.51. The van der Waals surface area contributed by atoms with Gasteiger partial charge in [0.2, 0.25) is 9.84 Å². The molecule has 0 atom stereocenters. The van der Waals surface area contributed by atoms with Crippen molar-refractivity contribution in [3.63, 3.8) is 0 Å². The molecule has 0 heterocycles. The molecule has 0 saturated carbocycles. The Kier molecular flexibility index (Phi) is 7.01. The molecule has 0 spiro atoms. The molecular weight excluding hydrogens is 497 g/mol. The highest BCUT2D eigenvalue weighted by Gasteiger charge is 2.25. The molecule has 0 aliphatic carbocycles. The fourth-order valence-electron chi connectivity index (χ4n) is 3.33. The minimum atomic E-state index is -4.16. The minimum absolute atomic E-state index is 0.0564. The molecule has 0 aromatic heterocycles. The number of sulfone groups is 1. The molecule has 0 fully saturated rings. The summed E-state index contributed by atoms with van der Waals surface area (Å²) in [5, 5.41) is 0.486. The van der Waals surface area contributed by atoms with Crippen LogP contribution in [0.4, 0.5) is 8.78 Å². The Hall–Kier alpha value is -3.21. The summed E-state index contributed by atoms with van der Waals surface area (Å²) in [5.74, 6) is -0.902. The van der Waals surface area contributed by atoms with E-state index < -0.39 is 21.5 Å². The van der Waals surface area contributed by atoms with Crippen molar-refractivity contribution < 1.29 is 17.2 Å². The van der Waals surface area contributed by atoms with Gasteiger partial charge in [0, 0.05) is 16.2 Å². The standard InChI is InChI=1S/C27H16Cl2F2O2S/c28-21-11-5-20(6-12-21)27(34(32,33)26-4-2-1-3-25(26)29)17-24(18-7-13-22(30)14-8-18)19-9-15-23(31)16-10-19/h1-16H. The fraction of sp³-hybridized carbons (Fsp3) is 0. The smallest absolute Gasteiger partial charge is 0.215 e. The maximum Gasteiger partial charge on any atom is 0.215 e. The summed E-state index contributed by atoms with van der Waals surface area (Å²) in [6.07, 6.45) is 0. The van der Waals surface area contributed by atoms with Gasteiger partial charge in [-0.05, 0) is 59.7 Å². The zero-order chi connectivity index (χ0) is 24.3. The van der Waals surface area contributed by atoms with E-state index in [0.717, 1.165) is 0 Å². The van der Waals surface area contributed by atoms with Crippen LogP contribution >= 0.6 is 23.2 Å². The lowest BCUT2D eigenvalue weighted by Crippen LogP contribution is -2.05. The summed E-state index contributed by atoms with van der Waals surface area (Å²) in [6.45, 7) is 0. The van der Waals surface area contributed by atoms with Gasteiger partial charge in [0.25, 0.3) is 0 Å². The Bertz CT molecular complexity index is 1460. The van der Waals surface area contributed by atoms with Crippen LogP contribution in [0.15, 0.2) is 108 Å². The number of rotatable bonds is 5. The summed E-state index contributed by atoms with van der Waals surface area (Å²) in [6, 6.07) is 23.4. The van der Waals surface area contributed by atoms with Crippen LogP contribution in [0.5, 0.6) is 0 Å². The van der Waals surface area contributed by atoms with Gasteiger partial charge in [-0.3, -0.25) is 0 Å². The number of hydrogen-bond donors (Lipinski definition) is 0. The Balaban J connectivity index is 2.11. The molecule has 0 unspecified atom stereocenters. The van der Waals surface area contributed by atoms with Crippen LogP contribution in [-0.4, -0.2) is 8.42 Å². The van der Waals surface area contributed by atoms with Crippen molar-refractivity contribution in [2.45, 2.75) is 4.90 Å². The molecule has 0 bridgehead atoms. The molecule has 4 aromatic rings. The van der Waals surface area contributed by atoms with E-state index in [4.69, 9.17) is 23.2 Å². The molecule has 2 nitrogen and oxygen atoms in total. The molecule has 7 heteroatoms. The van der Waals surface area contributed by atoms with Crippen molar-refractivity contribution in [1.29, 1.82) is 0 Å². The van der Waals surface area contributed by atoms with Gasteiger partial charge in [0.1, 0.15) is 16.5 Å². The molecule has 4 aromatic carbocycles. The highest BCUT2D eigenvalue weighted by molar-refractivity contribution is 8.00. The third kappa shape index (κ3) is 5.14. The monoisotopic (exact) mass is 512 g/mol. The first kappa shape index (κ1) is 23.9. The molecule has 0 aliphatic heterocycles. The van der Waals surface area contributed by atoms with Gasteiger partial charge in [-0.25, -0.2) is 17.2 Å². The van der Waals surface area contributed by atoms with E-state index in [2.05, 4.69) is 5.73 Å². The van der Waals surface area contributed by atoms with Gasteiger partial charge in [0.05, 0.1) is 9.92 Å². The first-order chi connectivity index (χ1) is 16.3. The summed E-state index contributed by atoms with van der Waals surface area (Å²) < 4.78 is 54.8. The lowest BCUT2D eigenvalue weighted by atomic mass is 9.98. The van der Waals surface area contributed by atoms with Crippen LogP contribution in [0.2, 0.25) is 10.0 Å². The van der Waals surface area contributed by atoms with Crippen LogP contribution in [-0.2, 0) is 9.84 Å². The largest absolute Gasteiger partial charge is 0.218 e. The van der Waals surface area contributed by atoms with Crippen LogP contribution in [0.3, 0.4) is 0 Å². The summed E-state index contributed by atoms with van der Waals surface area (Å²) in [5.41, 5.74) is 4.67. The Morgan fingerprint density at radius 2 is 1.12 bits per heavy atom. The zero-order valence-corrected chi connectivity index (χ0v) is 19.8. The minimum Gasteiger partial charge on any atom is -0.218 e. The van der Waals surface area contributed by atoms with Gasteiger partial charge >= 0.3 is 0 Å². The number of halogens is 4. The molecule has 0 amide bonds. The molecular formula is C27H16Cl2F2O2S. The van der Waals surface area contributed by atoms with E-state index in [-0.39, 0.29) is 14.8 Å². The molecule has 170 valence electrons. The highest BCUT2D eigenvalue weighted by Crippen LogP contribution is 2.34. The average molecular weight is 513 g/mol. The maximum atomic E-state index is 13.8. The fourth-order valence-corrected chi connectivity index (χ4v) is 5.38. The maximum absolute atomic E-state index is 13.8. The van der Waals surface area contributed by atoms with Crippen molar-refractivity contribution in [3.05, 3.63) is 141 Å². The molecule has 4 rings (SSSR count). The van der Waals surface area contributed by atoms with Crippen LogP contribution in [0.1, 0.15) is 16.7 Å². The SMILES string of the molecule is O=S(=O)(C(=C=C(c1ccc(F)cc1)c1ccc(F)cc1)c1ccc(Cl)cc1)c1ccccc1Cl. The van der Waals surface area contributed by atoms with Gasteiger partial charge in [-0.15, -0.1) is 0 Å². The van der Waals surface area contributed by atoms with E-state index in [1.54, 1.807) is 36.4 Å². The van der Waals surface area contributed by atoms with E-state index in [1.807, 2.05) is 0 Å².